The van der Waals surface area contributed by atoms with Gasteiger partial charge in [-0.05, 0) is 45.7 Å². The van der Waals surface area contributed by atoms with Gasteiger partial charge in [-0.25, -0.2) is 14.8 Å². The molecule has 0 saturated heterocycles. The summed E-state index contributed by atoms with van der Waals surface area (Å²) in [5.74, 6) is -0.526. The summed E-state index contributed by atoms with van der Waals surface area (Å²) in [6.45, 7) is 4.28. The van der Waals surface area contributed by atoms with Crippen molar-refractivity contribution in [2.75, 3.05) is 11.9 Å². The van der Waals surface area contributed by atoms with E-state index in [-0.39, 0.29) is 0 Å². The van der Waals surface area contributed by atoms with Crippen molar-refractivity contribution >= 4 is 11.9 Å². The smallest absolute Gasteiger partial charge is 0.326 e. The molecular formula is C12H20N4O2. The van der Waals surface area contributed by atoms with Crippen molar-refractivity contribution in [1.82, 2.24) is 9.97 Å². The second-order valence-corrected chi connectivity index (χ2v) is 4.29. The lowest BCUT2D eigenvalue weighted by Crippen LogP contribution is -2.30. The first kappa shape index (κ1) is 14.4. The third kappa shape index (κ3) is 4.67. The van der Waals surface area contributed by atoms with Gasteiger partial charge in [-0.3, -0.25) is 0 Å². The summed E-state index contributed by atoms with van der Waals surface area (Å²) in [6, 6.07) is 1.17. The first-order valence-corrected chi connectivity index (χ1v) is 6.04. The van der Waals surface area contributed by atoms with Gasteiger partial charge in [0.15, 0.2) is 0 Å². The molecule has 6 heteroatoms. The molecule has 0 bridgehead atoms. The van der Waals surface area contributed by atoms with Gasteiger partial charge in [-0.15, -0.1) is 0 Å². The Bertz CT molecular complexity index is 389. The molecule has 100 valence electrons. The molecule has 18 heavy (non-hydrogen) atoms. The highest BCUT2D eigenvalue weighted by Crippen LogP contribution is 2.09. The molecule has 0 aliphatic carbocycles. The third-order valence-corrected chi connectivity index (χ3v) is 2.53. The number of carboxylic acids is 1. The molecule has 0 aliphatic heterocycles. The Morgan fingerprint density at radius 3 is 2.50 bits per heavy atom. The highest BCUT2D eigenvalue weighted by atomic mass is 16.4. The van der Waals surface area contributed by atoms with Gasteiger partial charge in [0.25, 0.3) is 0 Å². The quantitative estimate of drug-likeness (QED) is 0.628. The van der Waals surface area contributed by atoms with E-state index in [4.69, 9.17) is 10.8 Å². The standard InChI is InChI=1S/C12H20N4O2/c1-8-7-9(2)15-12(14-8)16-10(11(17)18)5-3-4-6-13/h7,10H,3-6,13H2,1-2H3,(H,17,18)(H,14,15,16)/t10-/m0/s1. The van der Waals surface area contributed by atoms with Crippen molar-refractivity contribution in [3.63, 3.8) is 0 Å². The summed E-state index contributed by atoms with van der Waals surface area (Å²) >= 11 is 0. The largest absolute Gasteiger partial charge is 0.480 e. The number of anilines is 1. The van der Waals surface area contributed by atoms with E-state index in [2.05, 4.69) is 15.3 Å². The van der Waals surface area contributed by atoms with E-state index >= 15 is 0 Å². The second kappa shape index (κ2) is 6.90. The fourth-order valence-electron chi connectivity index (χ4n) is 1.70. The third-order valence-electron chi connectivity index (χ3n) is 2.53. The van der Waals surface area contributed by atoms with Crippen LogP contribution in [0.4, 0.5) is 5.95 Å². The van der Waals surface area contributed by atoms with Gasteiger partial charge in [-0.1, -0.05) is 0 Å². The van der Waals surface area contributed by atoms with Crippen LogP contribution in [0.5, 0.6) is 0 Å². The van der Waals surface area contributed by atoms with Gasteiger partial charge in [-0.2, -0.15) is 0 Å². The van der Waals surface area contributed by atoms with Gasteiger partial charge < -0.3 is 16.2 Å². The summed E-state index contributed by atoms with van der Waals surface area (Å²) in [5.41, 5.74) is 7.02. The van der Waals surface area contributed by atoms with Crippen molar-refractivity contribution in [2.24, 2.45) is 5.73 Å². The normalized spacial score (nSPS) is 12.2. The molecule has 1 rings (SSSR count). The lowest BCUT2D eigenvalue weighted by atomic mass is 10.1. The van der Waals surface area contributed by atoms with Gasteiger partial charge >= 0.3 is 5.97 Å². The predicted molar refractivity (Wildman–Crippen MR) is 69.5 cm³/mol. The summed E-state index contributed by atoms with van der Waals surface area (Å²) in [6.07, 6.45) is 2.10. The zero-order valence-electron chi connectivity index (χ0n) is 10.8. The number of nitrogens with two attached hydrogens (primary N) is 1. The Kier molecular flexibility index (Phi) is 5.51. The fraction of sp³-hybridized carbons (Fsp3) is 0.583. The summed E-state index contributed by atoms with van der Waals surface area (Å²) < 4.78 is 0. The van der Waals surface area contributed by atoms with Crippen LogP contribution >= 0.6 is 0 Å². The minimum atomic E-state index is -0.894. The minimum Gasteiger partial charge on any atom is -0.480 e. The van der Waals surface area contributed by atoms with Crippen LogP contribution in [-0.2, 0) is 4.79 Å². The van der Waals surface area contributed by atoms with Crippen LogP contribution < -0.4 is 11.1 Å². The number of aromatic nitrogens is 2. The molecule has 1 aromatic heterocycles. The van der Waals surface area contributed by atoms with E-state index in [0.717, 1.165) is 24.2 Å². The van der Waals surface area contributed by atoms with E-state index in [1.807, 2.05) is 19.9 Å². The number of aryl methyl sites for hydroxylation is 2. The average Bonchev–Trinajstić information content (AvgIpc) is 2.26. The molecule has 0 aliphatic rings. The Morgan fingerprint density at radius 2 is 2.00 bits per heavy atom. The first-order valence-electron chi connectivity index (χ1n) is 6.04. The van der Waals surface area contributed by atoms with E-state index in [1.165, 1.54) is 0 Å². The molecule has 0 saturated carbocycles. The Labute approximate surface area is 107 Å². The second-order valence-electron chi connectivity index (χ2n) is 4.29. The van der Waals surface area contributed by atoms with Crippen LogP contribution in [0.25, 0.3) is 0 Å². The van der Waals surface area contributed by atoms with Crippen LogP contribution in [0.1, 0.15) is 30.7 Å². The monoisotopic (exact) mass is 252 g/mol. The van der Waals surface area contributed by atoms with E-state index in [1.54, 1.807) is 0 Å². The van der Waals surface area contributed by atoms with E-state index < -0.39 is 12.0 Å². The lowest BCUT2D eigenvalue weighted by Gasteiger charge is -2.14. The topological polar surface area (TPSA) is 101 Å². The molecule has 0 spiro atoms. The van der Waals surface area contributed by atoms with Crippen LogP contribution in [-0.4, -0.2) is 33.6 Å². The summed E-state index contributed by atoms with van der Waals surface area (Å²) in [5, 5.41) is 12.0. The molecule has 1 atom stereocenters. The summed E-state index contributed by atoms with van der Waals surface area (Å²) in [7, 11) is 0. The lowest BCUT2D eigenvalue weighted by molar-refractivity contribution is -0.138. The number of unbranched alkanes of at least 4 members (excludes halogenated alkanes) is 1. The number of carbonyl (C=O) groups is 1. The molecule has 4 N–H and O–H groups in total. The Morgan fingerprint density at radius 1 is 1.39 bits per heavy atom. The zero-order chi connectivity index (χ0) is 13.5. The number of hydrogen-bond donors (Lipinski definition) is 3. The number of aliphatic carboxylic acids is 1. The molecular weight excluding hydrogens is 232 g/mol. The molecule has 0 fully saturated rings. The van der Waals surface area contributed by atoms with Crippen molar-refractivity contribution in [3.05, 3.63) is 17.5 Å². The molecule has 0 aromatic carbocycles. The van der Waals surface area contributed by atoms with Gasteiger partial charge in [0.05, 0.1) is 0 Å². The maximum absolute atomic E-state index is 11.1. The highest BCUT2D eigenvalue weighted by Gasteiger charge is 2.17. The average molecular weight is 252 g/mol. The van der Waals surface area contributed by atoms with Crippen LogP contribution in [0, 0.1) is 13.8 Å². The molecule has 0 radical (unpaired) electrons. The number of rotatable bonds is 7. The number of nitrogens with zero attached hydrogens (tertiary/aromatic N) is 2. The predicted octanol–water partition coefficient (Wildman–Crippen LogP) is 1.09. The first-order chi connectivity index (χ1) is 8.52. The molecule has 1 heterocycles. The van der Waals surface area contributed by atoms with Crippen molar-refractivity contribution in [1.29, 1.82) is 0 Å². The summed E-state index contributed by atoms with van der Waals surface area (Å²) in [4.78, 5) is 19.5. The maximum Gasteiger partial charge on any atom is 0.326 e. The number of nitrogens with one attached hydrogen (secondary N) is 1. The highest BCUT2D eigenvalue weighted by molar-refractivity contribution is 5.76. The Balaban J connectivity index is 2.67. The SMILES string of the molecule is Cc1cc(C)nc(N[C@@H](CCCCN)C(=O)O)n1. The van der Waals surface area contributed by atoms with Crippen molar-refractivity contribution in [3.8, 4) is 0 Å². The van der Waals surface area contributed by atoms with Gasteiger partial charge in [0, 0.05) is 11.4 Å². The minimum absolute atomic E-state index is 0.368. The van der Waals surface area contributed by atoms with Crippen LogP contribution in [0.15, 0.2) is 6.07 Å². The van der Waals surface area contributed by atoms with Crippen LogP contribution in [0.3, 0.4) is 0 Å². The van der Waals surface area contributed by atoms with Gasteiger partial charge in [0.1, 0.15) is 6.04 Å². The van der Waals surface area contributed by atoms with Crippen LogP contribution in [0.2, 0.25) is 0 Å². The zero-order valence-corrected chi connectivity index (χ0v) is 10.8. The maximum atomic E-state index is 11.1. The van der Waals surface area contributed by atoms with Crippen molar-refractivity contribution < 1.29 is 9.90 Å². The number of carboxylic acid groups (broad SMARTS) is 1. The molecule has 0 unspecified atom stereocenters. The molecule has 0 amide bonds. The fourth-order valence-corrected chi connectivity index (χ4v) is 1.70. The van der Waals surface area contributed by atoms with E-state index in [0.29, 0.717) is 18.9 Å². The van der Waals surface area contributed by atoms with Gasteiger partial charge in [0.2, 0.25) is 5.95 Å². The van der Waals surface area contributed by atoms with Crippen molar-refractivity contribution in [2.45, 2.75) is 39.2 Å². The Hall–Kier alpha value is -1.69. The van der Waals surface area contributed by atoms with E-state index in [9.17, 15) is 4.79 Å². The number of hydrogen-bond acceptors (Lipinski definition) is 5. The molecule has 1 aromatic rings. The molecule has 6 nitrogen and oxygen atoms in total.